The summed E-state index contributed by atoms with van der Waals surface area (Å²) in [6, 6.07) is 15.1. The molecule has 2 aromatic carbocycles. The van der Waals surface area contributed by atoms with Crippen molar-refractivity contribution in [1.82, 2.24) is 4.90 Å². The molecule has 2 atom stereocenters. The van der Waals surface area contributed by atoms with Gasteiger partial charge in [0.1, 0.15) is 35.7 Å². The zero-order valence-electron chi connectivity index (χ0n) is 19.3. The van der Waals surface area contributed by atoms with E-state index in [1.54, 1.807) is 54.6 Å². The number of ketones is 1. The largest absolute Gasteiger partial charge is 0.507 e. The maximum absolute atomic E-state index is 13.3. The highest BCUT2D eigenvalue weighted by atomic mass is 16.5. The van der Waals surface area contributed by atoms with E-state index in [0.717, 1.165) is 11.3 Å². The smallest absolute Gasteiger partial charge is 0.296 e. The van der Waals surface area contributed by atoms with Crippen LogP contribution in [0.4, 0.5) is 0 Å². The van der Waals surface area contributed by atoms with E-state index in [1.807, 2.05) is 13.0 Å². The number of likely N-dealkylation sites (tertiary alicyclic amines) is 1. The van der Waals surface area contributed by atoms with Crippen molar-refractivity contribution in [2.75, 3.05) is 6.61 Å². The molecule has 2 aliphatic rings. The summed E-state index contributed by atoms with van der Waals surface area (Å²) >= 11 is 0. The quantitative estimate of drug-likeness (QED) is 0.231. The molecule has 0 saturated carbocycles. The lowest BCUT2D eigenvalue weighted by Gasteiger charge is -2.25. The Kier molecular flexibility index (Phi) is 5.91. The van der Waals surface area contributed by atoms with Gasteiger partial charge in [-0.1, -0.05) is 24.8 Å². The van der Waals surface area contributed by atoms with Crippen LogP contribution in [0.2, 0.25) is 0 Å². The van der Waals surface area contributed by atoms with Crippen LogP contribution >= 0.6 is 0 Å². The summed E-state index contributed by atoms with van der Waals surface area (Å²) in [7, 11) is 0. The lowest BCUT2D eigenvalue weighted by Crippen LogP contribution is -2.29. The van der Waals surface area contributed by atoms with Crippen molar-refractivity contribution < 1.29 is 28.6 Å². The second-order valence-corrected chi connectivity index (χ2v) is 8.63. The van der Waals surface area contributed by atoms with Gasteiger partial charge in [-0.05, 0) is 60.5 Å². The number of benzene rings is 2. The van der Waals surface area contributed by atoms with Gasteiger partial charge in [0.25, 0.3) is 11.7 Å². The molecule has 0 spiro atoms. The Balaban J connectivity index is 1.62. The number of hydrogen-bond donors (Lipinski definition) is 1. The summed E-state index contributed by atoms with van der Waals surface area (Å²) in [6.45, 7) is 6.03. The van der Waals surface area contributed by atoms with Gasteiger partial charge < -0.3 is 23.9 Å². The average molecular weight is 472 g/mol. The van der Waals surface area contributed by atoms with Gasteiger partial charge >= 0.3 is 0 Å². The fourth-order valence-electron chi connectivity index (χ4n) is 4.61. The third-order valence-corrected chi connectivity index (χ3v) is 6.16. The predicted octanol–water partition coefficient (Wildman–Crippen LogP) is 4.79. The number of rotatable bonds is 7. The van der Waals surface area contributed by atoms with Gasteiger partial charge in [-0.3, -0.25) is 9.59 Å². The standard InChI is InChI=1S/C28H25NO6/c1-3-11-33-21-7-4-6-18(15-21)25-24(27(31)28(32)29(25)16-22-8-5-12-34-22)26(30)19-9-10-23-20(14-19)13-17(2)35-23/h3-10,12,14-15,17,25,30H,1,11,13,16H2,2H3/b26-24+/t17-,25-/m0/s1. The number of aliphatic hydroxyl groups is 1. The Morgan fingerprint density at radius 2 is 2.06 bits per heavy atom. The Labute approximate surface area is 202 Å². The van der Waals surface area contributed by atoms with Gasteiger partial charge in [0.05, 0.1) is 24.4 Å². The molecule has 3 aromatic rings. The summed E-state index contributed by atoms with van der Waals surface area (Å²) in [5.74, 6) is 0.172. The average Bonchev–Trinajstić information content (AvgIpc) is 3.56. The van der Waals surface area contributed by atoms with Crippen molar-refractivity contribution in [3.05, 3.63) is 102 Å². The molecule has 1 saturated heterocycles. The first kappa shape index (κ1) is 22.5. The predicted molar refractivity (Wildman–Crippen MR) is 129 cm³/mol. The maximum atomic E-state index is 13.3. The molecular weight excluding hydrogens is 446 g/mol. The fraction of sp³-hybridized carbons (Fsp3) is 0.214. The van der Waals surface area contributed by atoms with Crippen molar-refractivity contribution >= 4 is 17.4 Å². The number of furan rings is 1. The molecule has 0 aliphatic carbocycles. The summed E-state index contributed by atoms with van der Waals surface area (Å²) in [4.78, 5) is 27.9. The third kappa shape index (κ3) is 4.21. The Hall–Kier alpha value is -4.26. The van der Waals surface area contributed by atoms with E-state index in [-0.39, 0.29) is 24.0 Å². The van der Waals surface area contributed by atoms with E-state index in [2.05, 4.69) is 6.58 Å². The highest BCUT2D eigenvalue weighted by Gasteiger charge is 2.46. The Bertz CT molecular complexity index is 1320. The second-order valence-electron chi connectivity index (χ2n) is 8.63. The molecule has 7 nitrogen and oxygen atoms in total. The number of nitrogens with zero attached hydrogens (tertiary/aromatic N) is 1. The Morgan fingerprint density at radius 3 is 2.83 bits per heavy atom. The van der Waals surface area contributed by atoms with Gasteiger partial charge in [0.15, 0.2) is 0 Å². The third-order valence-electron chi connectivity index (χ3n) is 6.16. The first-order valence-electron chi connectivity index (χ1n) is 11.4. The van der Waals surface area contributed by atoms with Gasteiger partial charge in [-0.2, -0.15) is 0 Å². The van der Waals surface area contributed by atoms with Crippen molar-refractivity contribution in [2.45, 2.75) is 32.0 Å². The lowest BCUT2D eigenvalue weighted by atomic mass is 9.94. The fourth-order valence-corrected chi connectivity index (χ4v) is 4.61. The minimum absolute atomic E-state index is 0.0225. The lowest BCUT2D eigenvalue weighted by molar-refractivity contribution is -0.140. The van der Waals surface area contributed by atoms with Gasteiger partial charge in [0, 0.05) is 12.0 Å². The van der Waals surface area contributed by atoms with Crippen molar-refractivity contribution in [3.8, 4) is 11.5 Å². The SMILES string of the molecule is C=CCOc1cccc([C@H]2/C(=C(\O)c3ccc4c(c3)C[C@H](C)O4)C(=O)C(=O)N2Cc2ccco2)c1. The molecule has 0 unspecified atom stereocenters. The normalized spacial score (nSPS) is 20.5. The zero-order chi connectivity index (χ0) is 24.5. The minimum atomic E-state index is -0.823. The van der Waals surface area contributed by atoms with Gasteiger partial charge in [-0.15, -0.1) is 0 Å². The highest BCUT2D eigenvalue weighted by Crippen LogP contribution is 2.42. The number of amides is 1. The second kappa shape index (κ2) is 9.18. The summed E-state index contributed by atoms with van der Waals surface area (Å²) < 4.78 is 16.9. The molecule has 1 N–H and O–H groups in total. The number of carbonyl (C=O) groups is 2. The molecule has 3 heterocycles. The van der Waals surface area contributed by atoms with Crippen LogP contribution in [0.25, 0.3) is 5.76 Å². The number of hydrogen-bond acceptors (Lipinski definition) is 6. The topological polar surface area (TPSA) is 89.2 Å². The van der Waals surface area contributed by atoms with E-state index in [0.29, 0.717) is 35.7 Å². The van der Waals surface area contributed by atoms with Gasteiger partial charge in [-0.25, -0.2) is 0 Å². The molecule has 2 aliphatic heterocycles. The Morgan fingerprint density at radius 1 is 1.20 bits per heavy atom. The van der Waals surface area contributed by atoms with Crippen LogP contribution in [0, 0.1) is 0 Å². The first-order valence-corrected chi connectivity index (χ1v) is 11.4. The van der Waals surface area contributed by atoms with Crippen molar-refractivity contribution in [1.29, 1.82) is 0 Å². The monoisotopic (exact) mass is 471 g/mol. The van der Waals surface area contributed by atoms with Gasteiger partial charge in [0.2, 0.25) is 0 Å². The molecule has 35 heavy (non-hydrogen) atoms. The molecule has 0 bridgehead atoms. The van der Waals surface area contributed by atoms with Crippen LogP contribution in [0.1, 0.15) is 35.4 Å². The highest BCUT2D eigenvalue weighted by molar-refractivity contribution is 6.46. The van der Waals surface area contributed by atoms with Crippen molar-refractivity contribution in [2.24, 2.45) is 0 Å². The molecule has 1 aromatic heterocycles. The summed E-state index contributed by atoms with van der Waals surface area (Å²) in [5, 5.41) is 11.4. The van der Waals surface area contributed by atoms with E-state index in [1.165, 1.54) is 11.2 Å². The van der Waals surface area contributed by atoms with Crippen LogP contribution in [-0.2, 0) is 22.6 Å². The van der Waals surface area contributed by atoms with E-state index >= 15 is 0 Å². The number of Topliss-reactive ketones (excluding diaryl/α,β-unsaturated/α-hetero) is 1. The molecule has 1 amide bonds. The van der Waals surface area contributed by atoms with Crippen molar-refractivity contribution in [3.63, 3.8) is 0 Å². The number of ether oxygens (including phenoxy) is 2. The molecule has 0 radical (unpaired) electrons. The molecular formula is C28H25NO6. The summed E-state index contributed by atoms with van der Waals surface area (Å²) in [6.07, 6.45) is 3.89. The number of aliphatic hydroxyl groups excluding tert-OH is 1. The molecule has 178 valence electrons. The molecule has 5 rings (SSSR count). The van der Waals surface area contributed by atoms with E-state index in [9.17, 15) is 14.7 Å². The van der Waals surface area contributed by atoms with E-state index < -0.39 is 17.7 Å². The van der Waals surface area contributed by atoms with Crippen LogP contribution in [0.3, 0.4) is 0 Å². The van der Waals surface area contributed by atoms with E-state index in [4.69, 9.17) is 13.9 Å². The number of fused-ring (bicyclic) bond motifs is 1. The van der Waals surface area contributed by atoms with Crippen LogP contribution in [0.5, 0.6) is 11.5 Å². The molecule has 7 heteroatoms. The first-order chi connectivity index (χ1) is 17.0. The molecule has 1 fully saturated rings. The maximum Gasteiger partial charge on any atom is 0.296 e. The van der Waals surface area contributed by atoms with Crippen LogP contribution in [-0.4, -0.2) is 34.4 Å². The summed E-state index contributed by atoms with van der Waals surface area (Å²) in [5.41, 5.74) is 2.07. The minimum Gasteiger partial charge on any atom is -0.507 e. The van der Waals surface area contributed by atoms with Crippen LogP contribution < -0.4 is 9.47 Å². The zero-order valence-corrected chi connectivity index (χ0v) is 19.3. The number of carbonyl (C=O) groups excluding carboxylic acids is 2. The van der Waals surface area contributed by atoms with Crippen LogP contribution in [0.15, 0.2) is 83.5 Å².